The van der Waals surface area contributed by atoms with Gasteiger partial charge in [-0.2, -0.15) is 8.75 Å². The van der Waals surface area contributed by atoms with Crippen molar-refractivity contribution in [3.05, 3.63) is 22.7 Å². The average Bonchev–Trinajstić information content (AvgIpc) is 2.63. The number of aromatic nitrogens is 2. The van der Waals surface area contributed by atoms with Gasteiger partial charge < -0.3 is 10.5 Å². The Morgan fingerprint density at radius 1 is 1.38 bits per heavy atom. The Morgan fingerprint density at radius 3 is 2.69 bits per heavy atom. The summed E-state index contributed by atoms with van der Waals surface area (Å²) in [5.74, 6) is 1.12. The van der Waals surface area contributed by atoms with Crippen LogP contribution in [0.4, 0.5) is 5.82 Å². The van der Waals surface area contributed by atoms with Crippen LogP contribution in [0.15, 0.2) is 12.1 Å². The first-order valence-corrected chi connectivity index (χ1v) is 5.67. The summed E-state index contributed by atoms with van der Waals surface area (Å²) in [7, 11) is 1.61. The van der Waals surface area contributed by atoms with Crippen molar-refractivity contribution in [3.63, 3.8) is 0 Å². The van der Waals surface area contributed by atoms with Crippen LogP contribution < -0.4 is 10.5 Å². The van der Waals surface area contributed by atoms with E-state index in [9.17, 15) is 0 Å². The SMILES string of the molecule is COc1c(C)cc(Cl)cc1-c1nsnc1N. The average molecular weight is 256 g/mol. The van der Waals surface area contributed by atoms with Crippen LogP contribution in [-0.2, 0) is 0 Å². The fourth-order valence-electron chi connectivity index (χ4n) is 1.56. The molecule has 1 aromatic heterocycles. The van der Waals surface area contributed by atoms with Gasteiger partial charge in [0.15, 0.2) is 5.82 Å². The molecule has 0 aliphatic carbocycles. The second-order valence-electron chi connectivity index (χ2n) is 3.30. The number of hydrogen-bond acceptors (Lipinski definition) is 5. The van der Waals surface area contributed by atoms with Crippen molar-refractivity contribution in [3.8, 4) is 17.0 Å². The summed E-state index contributed by atoms with van der Waals surface area (Å²) in [5, 5.41) is 0.626. The third kappa shape index (κ3) is 1.83. The Bertz CT molecular complexity index is 527. The van der Waals surface area contributed by atoms with E-state index < -0.39 is 0 Å². The third-order valence-electron chi connectivity index (χ3n) is 2.21. The zero-order valence-corrected chi connectivity index (χ0v) is 10.4. The molecular weight excluding hydrogens is 246 g/mol. The van der Waals surface area contributed by atoms with Crippen molar-refractivity contribution in [2.45, 2.75) is 6.92 Å². The number of anilines is 1. The number of nitrogen functional groups attached to an aromatic ring is 1. The molecule has 0 aliphatic rings. The highest BCUT2D eigenvalue weighted by Gasteiger charge is 2.15. The number of aryl methyl sites for hydroxylation is 1. The van der Waals surface area contributed by atoms with E-state index >= 15 is 0 Å². The van der Waals surface area contributed by atoms with Crippen LogP contribution in [0.2, 0.25) is 5.02 Å². The molecule has 0 amide bonds. The van der Waals surface area contributed by atoms with Gasteiger partial charge >= 0.3 is 0 Å². The lowest BCUT2D eigenvalue weighted by Gasteiger charge is -2.10. The molecule has 6 heteroatoms. The van der Waals surface area contributed by atoms with Crippen LogP contribution in [-0.4, -0.2) is 15.9 Å². The van der Waals surface area contributed by atoms with Gasteiger partial charge in [-0.15, -0.1) is 0 Å². The number of benzene rings is 1. The van der Waals surface area contributed by atoms with Gasteiger partial charge in [0.2, 0.25) is 0 Å². The molecule has 84 valence electrons. The molecule has 0 atom stereocenters. The van der Waals surface area contributed by atoms with Gasteiger partial charge in [-0.05, 0) is 24.6 Å². The fourth-order valence-corrected chi connectivity index (χ4v) is 2.32. The van der Waals surface area contributed by atoms with Crippen LogP contribution in [0.25, 0.3) is 11.3 Å². The summed E-state index contributed by atoms with van der Waals surface area (Å²) in [4.78, 5) is 0. The maximum absolute atomic E-state index is 6.01. The van der Waals surface area contributed by atoms with E-state index in [1.807, 2.05) is 13.0 Å². The minimum Gasteiger partial charge on any atom is -0.496 e. The molecule has 0 radical (unpaired) electrons. The minimum absolute atomic E-state index is 0.393. The number of ether oxygens (including phenoxy) is 1. The first kappa shape index (κ1) is 11.2. The third-order valence-corrected chi connectivity index (χ3v) is 2.97. The molecule has 4 nitrogen and oxygen atoms in total. The first-order chi connectivity index (χ1) is 7.63. The Morgan fingerprint density at radius 2 is 2.12 bits per heavy atom. The molecule has 2 N–H and O–H groups in total. The van der Waals surface area contributed by atoms with Gasteiger partial charge in [0.1, 0.15) is 11.4 Å². The number of nitrogens with zero attached hydrogens (tertiary/aromatic N) is 2. The number of nitrogens with two attached hydrogens (primary N) is 1. The van der Waals surface area contributed by atoms with Gasteiger partial charge in [-0.1, -0.05) is 11.6 Å². The van der Waals surface area contributed by atoms with Crippen LogP contribution in [0.1, 0.15) is 5.56 Å². The van der Waals surface area contributed by atoms with Crippen molar-refractivity contribution in [1.82, 2.24) is 8.75 Å². The van der Waals surface area contributed by atoms with Gasteiger partial charge in [-0.25, -0.2) is 0 Å². The molecule has 0 bridgehead atoms. The molecule has 0 saturated carbocycles. The monoisotopic (exact) mass is 255 g/mol. The quantitative estimate of drug-likeness (QED) is 0.896. The molecule has 0 unspecified atom stereocenters. The van der Waals surface area contributed by atoms with Crippen LogP contribution in [0.3, 0.4) is 0 Å². The van der Waals surface area contributed by atoms with Gasteiger partial charge in [0.05, 0.1) is 18.8 Å². The first-order valence-electron chi connectivity index (χ1n) is 4.56. The Balaban J connectivity index is 2.68. The van der Waals surface area contributed by atoms with Crippen molar-refractivity contribution < 1.29 is 4.74 Å². The Kier molecular flexibility index (Phi) is 2.98. The molecule has 0 saturated heterocycles. The van der Waals surface area contributed by atoms with Crippen molar-refractivity contribution in [2.24, 2.45) is 0 Å². The lowest BCUT2D eigenvalue weighted by molar-refractivity contribution is 0.413. The molecule has 0 spiro atoms. The Labute approximate surface area is 102 Å². The van der Waals surface area contributed by atoms with E-state index in [1.165, 1.54) is 0 Å². The lowest BCUT2D eigenvalue weighted by Crippen LogP contribution is -1.94. The second kappa shape index (κ2) is 4.27. The summed E-state index contributed by atoms with van der Waals surface area (Å²) < 4.78 is 13.4. The standard InChI is InChI=1S/C10H10ClN3OS/c1-5-3-6(11)4-7(9(5)15-2)8-10(12)14-16-13-8/h3-4H,1-2H3,(H2,12,14). The summed E-state index contributed by atoms with van der Waals surface area (Å²) in [6, 6.07) is 3.61. The second-order valence-corrected chi connectivity index (χ2v) is 4.27. The van der Waals surface area contributed by atoms with E-state index in [1.54, 1.807) is 13.2 Å². The molecule has 1 aromatic carbocycles. The Hall–Kier alpha value is -1.33. The van der Waals surface area contributed by atoms with Crippen molar-refractivity contribution in [1.29, 1.82) is 0 Å². The molecule has 2 aromatic rings. The van der Waals surface area contributed by atoms with E-state index in [2.05, 4.69) is 8.75 Å². The number of rotatable bonds is 2. The highest BCUT2D eigenvalue weighted by Crippen LogP contribution is 2.37. The molecular formula is C10H10ClN3OS. The zero-order chi connectivity index (χ0) is 11.7. The van der Waals surface area contributed by atoms with E-state index in [-0.39, 0.29) is 0 Å². The minimum atomic E-state index is 0.393. The maximum Gasteiger partial charge on any atom is 0.165 e. The van der Waals surface area contributed by atoms with E-state index in [4.69, 9.17) is 22.1 Å². The highest BCUT2D eigenvalue weighted by atomic mass is 35.5. The van der Waals surface area contributed by atoms with Crippen LogP contribution >= 0.6 is 23.3 Å². The molecule has 16 heavy (non-hydrogen) atoms. The van der Waals surface area contributed by atoms with Gasteiger partial charge in [0, 0.05) is 10.6 Å². The maximum atomic E-state index is 6.01. The molecule has 0 fully saturated rings. The van der Waals surface area contributed by atoms with Crippen LogP contribution in [0.5, 0.6) is 5.75 Å². The lowest BCUT2D eigenvalue weighted by atomic mass is 10.1. The van der Waals surface area contributed by atoms with Gasteiger partial charge in [-0.3, -0.25) is 0 Å². The van der Waals surface area contributed by atoms with Crippen molar-refractivity contribution >= 4 is 29.1 Å². The fraction of sp³-hybridized carbons (Fsp3) is 0.200. The normalized spacial score (nSPS) is 10.4. The summed E-state index contributed by atoms with van der Waals surface area (Å²) in [5.41, 5.74) is 8.07. The van der Waals surface area contributed by atoms with E-state index in [0.717, 1.165) is 28.6 Å². The molecule has 0 aliphatic heterocycles. The number of hydrogen-bond donors (Lipinski definition) is 1. The number of methoxy groups -OCH3 is 1. The topological polar surface area (TPSA) is 61.0 Å². The number of halogens is 1. The molecule has 2 rings (SSSR count). The van der Waals surface area contributed by atoms with E-state index in [0.29, 0.717) is 16.5 Å². The zero-order valence-electron chi connectivity index (χ0n) is 8.82. The summed E-state index contributed by atoms with van der Waals surface area (Å²) in [6.07, 6.45) is 0. The predicted molar refractivity (Wildman–Crippen MR) is 66.1 cm³/mol. The predicted octanol–water partition coefficient (Wildman–Crippen LogP) is 2.76. The highest BCUT2D eigenvalue weighted by molar-refractivity contribution is 6.99. The van der Waals surface area contributed by atoms with Crippen molar-refractivity contribution in [2.75, 3.05) is 12.8 Å². The van der Waals surface area contributed by atoms with Crippen LogP contribution in [0, 0.1) is 6.92 Å². The largest absolute Gasteiger partial charge is 0.496 e. The van der Waals surface area contributed by atoms with Gasteiger partial charge in [0.25, 0.3) is 0 Å². The summed E-state index contributed by atoms with van der Waals surface area (Å²) in [6.45, 7) is 1.92. The summed E-state index contributed by atoms with van der Waals surface area (Å²) >= 11 is 7.08. The molecule has 1 heterocycles. The smallest absolute Gasteiger partial charge is 0.165 e.